The van der Waals surface area contributed by atoms with Crippen LogP contribution in [-0.4, -0.2) is 79.2 Å². The smallest absolute Gasteiger partial charge is 0.326 e. The number of urea groups is 1. The van der Waals surface area contributed by atoms with E-state index in [1.54, 1.807) is 16.0 Å². The number of nitrogens with zero attached hydrogens (tertiary/aromatic N) is 4. The highest BCUT2D eigenvalue weighted by molar-refractivity contribution is 7.90. The Morgan fingerprint density at radius 1 is 0.980 bits per heavy atom. The number of aromatic nitrogens is 1. The molecule has 1 fully saturated rings. The van der Waals surface area contributed by atoms with Gasteiger partial charge in [0.05, 0.1) is 17.9 Å². The fraction of sp³-hybridized carbons (Fsp3) is 0.474. The quantitative estimate of drug-likeness (QED) is 0.252. The third kappa shape index (κ3) is 7.90. The molecule has 1 saturated heterocycles. The Hall–Kier alpha value is -3.67. The number of carbonyl (C=O) groups excluding carboxylic acids is 2. The number of amidine groups is 1. The van der Waals surface area contributed by atoms with Crippen molar-refractivity contribution in [2.45, 2.75) is 70.9 Å². The summed E-state index contributed by atoms with van der Waals surface area (Å²) < 4.78 is 29.4. The topological polar surface area (TPSA) is 121 Å². The second-order valence-electron chi connectivity index (χ2n) is 14.6. The van der Waals surface area contributed by atoms with E-state index in [2.05, 4.69) is 26.1 Å². The molecule has 0 saturated carbocycles. The van der Waals surface area contributed by atoms with Crippen molar-refractivity contribution in [2.75, 3.05) is 38.2 Å². The molecule has 0 bridgehead atoms. The third-order valence-corrected chi connectivity index (χ3v) is 11.5. The summed E-state index contributed by atoms with van der Waals surface area (Å²) in [4.78, 5) is 41.9. The van der Waals surface area contributed by atoms with Crippen molar-refractivity contribution in [2.24, 2.45) is 10.9 Å². The lowest BCUT2D eigenvalue weighted by atomic mass is 9.71. The summed E-state index contributed by atoms with van der Waals surface area (Å²) in [6.45, 7) is 13.3. The first kappa shape index (κ1) is 38.6. The largest absolute Gasteiger partial charge is 0.493 e. The minimum Gasteiger partial charge on any atom is -0.493 e. The van der Waals surface area contributed by atoms with E-state index in [4.69, 9.17) is 37.9 Å². The van der Waals surface area contributed by atoms with Crippen LogP contribution in [0.4, 0.5) is 4.79 Å². The Labute approximate surface area is 311 Å². The molecule has 3 amide bonds. The first-order valence-electron chi connectivity index (χ1n) is 17.2. The van der Waals surface area contributed by atoms with Crippen molar-refractivity contribution >= 4 is 50.8 Å². The molecular weight excluding hydrogens is 709 g/mol. The standard InChI is InChI=1S/C38H47Cl2N5O5S/c1-8-50-31-23-32(36(2,3)4)42-24-30(31)33-43-37(5,26-9-13-28(39)14-10-26)38(6,27-11-15-29(40)16-12-27)45(33)35(47)44-20-17-25(18-21-44)34(46)41-19-22-51(7,48)49/h9-16,23-25H,8,17-22H2,1-7H3,(H,41,46)/t37-,38+/m0/s1. The number of nitrogens with one attached hydrogen (secondary N) is 1. The van der Waals surface area contributed by atoms with Gasteiger partial charge in [0.15, 0.2) is 0 Å². The van der Waals surface area contributed by atoms with E-state index in [9.17, 15) is 13.2 Å². The summed E-state index contributed by atoms with van der Waals surface area (Å²) in [5.74, 6) is 0.296. The normalized spacial score (nSPS) is 21.4. The Morgan fingerprint density at radius 2 is 1.55 bits per heavy atom. The maximum atomic E-state index is 15.2. The number of halogens is 2. The minimum atomic E-state index is -3.20. The van der Waals surface area contributed by atoms with Crippen LogP contribution in [0.5, 0.6) is 5.75 Å². The van der Waals surface area contributed by atoms with Crippen LogP contribution in [0, 0.1) is 5.92 Å². The molecule has 1 aromatic heterocycles. The van der Waals surface area contributed by atoms with Gasteiger partial charge in [-0.05, 0) is 69.0 Å². The van der Waals surface area contributed by atoms with Crippen LogP contribution in [0.15, 0.2) is 65.8 Å². The van der Waals surface area contributed by atoms with Gasteiger partial charge in [0.1, 0.15) is 32.5 Å². The SMILES string of the molecule is CCOc1cc(C(C)(C)C)ncc1C1=N[C@@](C)(c2ccc(Cl)cc2)[C@@](C)(c2ccc(Cl)cc2)N1C(=O)N1CCC(C(=O)NCCS(C)(=O)=O)CC1. The number of rotatable bonds is 9. The van der Waals surface area contributed by atoms with Gasteiger partial charge in [0.2, 0.25) is 5.91 Å². The molecule has 2 aliphatic rings. The molecule has 10 nitrogen and oxygen atoms in total. The molecule has 1 N–H and O–H groups in total. The summed E-state index contributed by atoms with van der Waals surface area (Å²) in [7, 11) is -3.20. The van der Waals surface area contributed by atoms with Gasteiger partial charge in [-0.2, -0.15) is 0 Å². The number of piperidine rings is 1. The van der Waals surface area contributed by atoms with Crippen molar-refractivity contribution in [3.8, 4) is 5.75 Å². The Balaban J connectivity index is 1.62. The monoisotopic (exact) mass is 755 g/mol. The molecule has 5 rings (SSSR count). The number of amides is 3. The summed E-state index contributed by atoms with van der Waals surface area (Å²) in [5, 5.41) is 3.89. The van der Waals surface area contributed by atoms with E-state index in [0.717, 1.165) is 23.1 Å². The van der Waals surface area contributed by atoms with Crippen LogP contribution in [-0.2, 0) is 31.1 Å². The molecule has 2 aliphatic heterocycles. The fourth-order valence-electron chi connectivity index (χ4n) is 6.84. The molecule has 2 atom stereocenters. The maximum Gasteiger partial charge on any atom is 0.326 e. The van der Waals surface area contributed by atoms with E-state index in [1.807, 2.05) is 75.4 Å². The lowest BCUT2D eigenvalue weighted by Gasteiger charge is -2.47. The Morgan fingerprint density at radius 3 is 2.08 bits per heavy atom. The van der Waals surface area contributed by atoms with Crippen molar-refractivity contribution in [1.29, 1.82) is 0 Å². The lowest BCUT2D eigenvalue weighted by molar-refractivity contribution is -0.126. The van der Waals surface area contributed by atoms with Gasteiger partial charge < -0.3 is 15.0 Å². The number of likely N-dealkylation sites (tertiary alicyclic amines) is 1. The van der Waals surface area contributed by atoms with Crippen LogP contribution >= 0.6 is 23.2 Å². The van der Waals surface area contributed by atoms with Gasteiger partial charge in [0.25, 0.3) is 0 Å². The molecule has 13 heteroatoms. The van der Waals surface area contributed by atoms with Gasteiger partial charge >= 0.3 is 6.03 Å². The Kier molecular flexibility index (Phi) is 11.2. The molecule has 2 aromatic carbocycles. The van der Waals surface area contributed by atoms with Crippen LogP contribution < -0.4 is 10.1 Å². The third-order valence-electron chi connectivity index (χ3n) is 10.0. The van der Waals surface area contributed by atoms with Gasteiger partial charge in [-0.15, -0.1) is 0 Å². The van der Waals surface area contributed by atoms with Crippen molar-refractivity contribution in [1.82, 2.24) is 20.1 Å². The van der Waals surface area contributed by atoms with Crippen molar-refractivity contribution in [3.63, 3.8) is 0 Å². The lowest BCUT2D eigenvalue weighted by Crippen LogP contribution is -2.59. The Bertz CT molecular complexity index is 1910. The zero-order valence-electron chi connectivity index (χ0n) is 30.3. The first-order chi connectivity index (χ1) is 23.9. The number of benzene rings is 2. The van der Waals surface area contributed by atoms with Crippen LogP contribution in [0.25, 0.3) is 0 Å². The molecule has 51 heavy (non-hydrogen) atoms. The van der Waals surface area contributed by atoms with Crippen molar-refractivity contribution in [3.05, 3.63) is 93.2 Å². The zero-order chi connectivity index (χ0) is 37.4. The molecule has 0 spiro atoms. The van der Waals surface area contributed by atoms with Crippen molar-refractivity contribution < 1.29 is 22.7 Å². The zero-order valence-corrected chi connectivity index (χ0v) is 32.6. The van der Waals surface area contributed by atoms with E-state index < -0.39 is 20.9 Å². The van der Waals surface area contributed by atoms with Crippen LogP contribution in [0.1, 0.15) is 76.8 Å². The molecule has 3 heterocycles. The average molecular weight is 757 g/mol. The van der Waals surface area contributed by atoms with E-state index in [-0.39, 0.29) is 35.6 Å². The predicted molar refractivity (Wildman–Crippen MR) is 203 cm³/mol. The average Bonchev–Trinajstić information content (AvgIpc) is 3.32. The number of aliphatic imine (C=N–C) groups is 1. The molecule has 0 aliphatic carbocycles. The van der Waals surface area contributed by atoms with E-state index >= 15 is 4.79 Å². The number of ether oxygens (including phenoxy) is 1. The molecule has 0 unspecified atom stereocenters. The van der Waals surface area contributed by atoms with Gasteiger partial charge in [-0.1, -0.05) is 68.2 Å². The second-order valence-corrected chi connectivity index (χ2v) is 17.8. The highest BCUT2D eigenvalue weighted by atomic mass is 35.5. The molecule has 274 valence electrons. The van der Waals surface area contributed by atoms with Crippen LogP contribution in [0.3, 0.4) is 0 Å². The summed E-state index contributed by atoms with van der Waals surface area (Å²) in [6, 6.07) is 16.6. The highest BCUT2D eigenvalue weighted by Crippen LogP contribution is 2.54. The highest BCUT2D eigenvalue weighted by Gasteiger charge is 2.60. The maximum absolute atomic E-state index is 15.2. The predicted octanol–water partition coefficient (Wildman–Crippen LogP) is 6.97. The summed E-state index contributed by atoms with van der Waals surface area (Å²) in [5.41, 5.74) is 0.700. The minimum absolute atomic E-state index is 0.0529. The molecule has 0 radical (unpaired) electrons. The van der Waals surface area contributed by atoms with Crippen LogP contribution in [0.2, 0.25) is 10.0 Å². The first-order valence-corrected chi connectivity index (χ1v) is 20.0. The molecule has 3 aromatic rings. The van der Waals surface area contributed by atoms with E-state index in [1.165, 1.54) is 0 Å². The van der Waals surface area contributed by atoms with E-state index in [0.29, 0.717) is 59.7 Å². The second kappa shape index (κ2) is 14.8. The number of pyridine rings is 1. The molecular formula is C38H47Cl2N5O5S. The van der Waals surface area contributed by atoms with Gasteiger partial charge in [-0.25, -0.2) is 13.2 Å². The number of sulfone groups is 1. The number of carbonyl (C=O) groups is 2. The number of hydrogen-bond donors (Lipinski definition) is 1. The summed E-state index contributed by atoms with van der Waals surface area (Å²) >= 11 is 12.8. The summed E-state index contributed by atoms with van der Waals surface area (Å²) in [6.07, 6.45) is 3.73. The van der Waals surface area contributed by atoms with Gasteiger partial charge in [-0.3, -0.25) is 19.7 Å². The van der Waals surface area contributed by atoms with Gasteiger partial charge in [0, 0.05) is 65.2 Å². The number of hydrogen-bond acceptors (Lipinski definition) is 7. The fourth-order valence-corrected chi connectivity index (χ4v) is 7.56.